The first kappa shape index (κ1) is 7.66. The summed E-state index contributed by atoms with van der Waals surface area (Å²) in [5.74, 6) is -1.09. The maximum atomic E-state index is 12.2. The number of nitrogens with zero attached hydrogens (tertiary/aromatic N) is 1. The van der Waals surface area contributed by atoms with E-state index in [-0.39, 0.29) is 17.8 Å². The van der Waals surface area contributed by atoms with Crippen molar-refractivity contribution >= 4 is 0 Å². The molecule has 74 valence electrons. The summed E-state index contributed by atoms with van der Waals surface area (Å²) in [5, 5.41) is 0. The number of halogens is 3. The molecule has 0 saturated carbocycles. The van der Waals surface area contributed by atoms with Crippen LogP contribution in [0.5, 0.6) is 0 Å². The van der Waals surface area contributed by atoms with Gasteiger partial charge in [-0.3, -0.25) is 0 Å². The smallest absolute Gasteiger partial charge is 0.449 e. The van der Waals surface area contributed by atoms with Gasteiger partial charge in [-0.25, -0.2) is 4.98 Å². The molecule has 0 unspecified atom stereocenters. The third kappa shape index (κ3) is 1.50. The number of hydrogen-bond acceptors (Lipinski definition) is 2. The Hall–Kier alpha value is -1.72. The first-order valence-electron chi connectivity index (χ1n) is 4.16. The van der Waals surface area contributed by atoms with Crippen molar-refractivity contribution in [1.29, 1.82) is 0 Å². The van der Waals surface area contributed by atoms with Crippen LogP contribution < -0.4 is 0 Å². The molecule has 2 aromatic heterocycles. The molecule has 0 radical (unpaired) electrons. The van der Waals surface area contributed by atoms with Crippen LogP contribution >= 0.6 is 0 Å². The number of aromatic nitrogens is 2. The lowest BCUT2D eigenvalue weighted by Crippen LogP contribution is -2.01. The van der Waals surface area contributed by atoms with Gasteiger partial charge in [0.2, 0.25) is 5.76 Å². The quantitative estimate of drug-likeness (QED) is 0.774. The minimum absolute atomic E-state index is 0.0166. The van der Waals surface area contributed by atoms with Gasteiger partial charge in [0.15, 0.2) is 5.76 Å². The number of aromatic amines is 1. The molecule has 0 bridgehead atoms. The van der Waals surface area contributed by atoms with E-state index in [0.29, 0.717) is 0 Å². The summed E-state index contributed by atoms with van der Waals surface area (Å²) in [5.41, 5.74) is 0.176. The second-order valence-corrected chi connectivity index (χ2v) is 2.56. The van der Waals surface area contributed by atoms with Gasteiger partial charge in [-0.1, -0.05) is 0 Å². The lowest BCUT2D eigenvalue weighted by molar-refractivity contribution is -0.152. The molecule has 0 spiro atoms. The topological polar surface area (TPSA) is 41.8 Å². The molecule has 0 aliphatic carbocycles. The first-order valence-corrected chi connectivity index (χ1v) is 3.66. The van der Waals surface area contributed by atoms with E-state index in [1.165, 1.54) is 12.3 Å². The van der Waals surface area contributed by atoms with Gasteiger partial charge in [0.25, 0.3) is 0 Å². The molecule has 2 rings (SSSR count). The molecule has 14 heavy (non-hydrogen) atoms. The Morgan fingerprint density at radius 2 is 2.21 bits per heavy atom. The molecule has 0 aliphatic rings. The fourth-order valence-corrected chi connectivity index (χ4v) is 0.980. The fraction of sp³-hybridized carbons (Fsp3) is 0.125. The Labute approximate surface area is 78.0 Å². The minimum atomic E-state index is -4.50. The summed E-state index contributed by atoms with van der Waals surface area (Å²) in [6.07, 6.45) is -3.32. The molecule has 6 heteroatoms. The van der Waals surface area contributed by atoms with Crippen molar-refractivity contribution in [3.8, 4) is 11.5 Å². The van der Waals surface area contributed by atoms with Crippen LogP contribution in [-0.4, -0.2) is 9.97 Å². The van der Waals surface area contributed by atoms with Gasteiger partial charge in [-0.15, -0.1) is 0 Å². The molecule has 0 saturated heterocycles. The Morgan fingerprint density at radius 3 is 2.71 bits per heavy atom. The predicted octanol–water partition coefficient (Wildman–Crippen LogP) is 2.69. The number of nitrogens with one attached hydrogen (secondary N) is 1. The lowest BCUT2D eigenvalue weighted by Gasteiger charge is -1.99. The van der Waals surface area contributed by atoms with Crippen molar-refractivity contribution in [2.75, 3.05) is 0 Å². The van der Waals surface area contributed by atoms with Crippen LogP contribution in [0.1, 0.15) is 7.13 Å². The number of imidazole rings is 1. The normalized spacial score (nSPS) is 12.9. The molecule has 0 amide bonds. The van der Waals surface area contributed by atoms with E-state index in [2.05, 4.69) is 14.4 Å². The molecule has 3 nitrogen and oxygen atoms in total. The van der Waals surface area contributed by atoms with Crippen molar-refractivity contribution in [2.45, 2.75) is 6.18 Å². The van der Waals surface area contributed by atoms with E-state index in [1.807, 2.05) is 0 Å². The molecule has 2 aromatic rings. The number of furan rings is 1. The van der Waals surface area contributed by atoms with Crippen molar-refractivity contribution in [3.63, 3.8) is 0 Å². The van der Waals surface area contributed by atoms with Crippen molar-refractivity contribution < 1.29 is 19.0 Å². The number of hydrogen-bond donors (Lipinski definition) is 1. The molecule has 0 atom stereocenters. The molecule has 2 heterocycles. The lowest BCUT2D eigenvalue weighted by atomic mass is 10.3. The van der Waals surface area contributed by atoms with Crippen LogP contribution in [0, 0.1) is 0 Å². The van der Waals surface area contributed by atoms with E-state index < -0.39 is 11.9 Å². The van der Waals surface area contributed by atoms with Crippen LogP contribution in [0.15, 0.2) is 29.1 Å². The van der Waals surface area contributed by atoms with Gasteiger partial charge in [0, 0.05) is 6.20 Å². The van der Waals surface area contributed by atoms with E-state index in [4.69, 9.17) is 1.37 Å². The molecular weight excluding hydrogens is 197 g/mol. The van der Waals surface area contributed by atoms with Gasteiger partial charge in [0.05, 0.1) is 6.30 Å². The molecule has 1 N–H and O–H groups in total. The van der Waals surface area contributed by atoms with Gasteiger partial charge < -0.3 is 9.40 Å². The van der Waals surface area contributed by atoms with Gasteiger partial charge in [-0.2, -0.15) is 13.2 Å². The average molecular weight is 203 g/mol. The van der Waals surface area contributed by atoms with Crippen LogP contribution in [0.4, 0.5) is 13.2 Å². The number of alkyl halides is 3. The third-order valence-corrected chi connectivity index (χ3v) is 1.59. The number of H-pyrrole nitrogens is 1. The molecule has 0 aliphatic heterocycles. The van der Waals surface area contributed by atoms with E-state index in [9.17, 15) is 13.2 Å². The Morgan fingerprint density at radius 1 is 1.43 bits per heavy atom. The third-order valence-electron chi connectivity index (χ3n) is 1.59. The standard InChI is InChI=1S/C8H5F3N2O/c9-8(10,11)7-2-1-6(14-7)5-3-12-4-13-5/h1-4H,(H,12,13)/i4D. The highest BCUT2D eigenvalue weighted by molar-refractivity contribution is 5.50. The van der Waals surface area contributed by atoms with Crippen LogP contribution in [0.2, 0.25) is 0 Å². The largest absolute Gasteiger partial charge is 0.450 e. The monoisotopic (exact) mass is 203 g/mol. The zero-order valence-electron chi connectivity index (χ0n) is 7.72. The van der Waals surface area contributed by atoms with E-state index >= 15 is 0 Å². The SMILES string of the molecule is [2H]c1nc(-c2ccc(C(F)(F)F)o2)c[nH]1. The highest BCUT2D eigenvalue weighted by Crippen LogP contribution is 2.32. The summed E-state index contributed by atoms with van der Waals surface area (Å²) < 4.78 is 48.1. The summed E-state index contributed by atoms with van der Waals surface area (Å²) in [4.78, 5) is 6.06. The second-order valence-electron chi connectivity index (χ2n) is 2.56. The zero-order chi connectivity index (χ0) is 11.1. The number of rotatable bonds is 1. The predicted molar refractivity (Wildman–Crippen MR) is 41.3 cm³/mol. The summed E-state index contributed by atoms with van der Waals surface area (Å²) in [7, 11) is 0. The van der Waals surface area contributed by atoms with Crippen LogP contribution in [0.25, 0.3) is 11.5 Å². The highest BCUT2D eigenvalue weighted by atomic mass is 19.4. The molecule has 0 aromatic carbocycles. The Kier molecular flexibility index (Phi) is 1.59. The summed E-state index contributed by atoms with van der Waals surface area (Å²) in [6, 6.07) is 1.99. The zero-order valence-corrected chi connectivity index (χ0v) is 6.72. The highest BCUT2D eigenvalue weighted by Gasteiger charge is 2.34. The van der Waals surface area contributed by atoms with Crippen molar-refractivity contribution in [2.24, 2.45) is 0 Å². The fourth-order valence-electron chi connectivity index (χ4n) is 0.980. The maximum absolute atomic E-state index is 12.2. The second kappa shape index (κ2) is 2.90. The van der Waals surface area contributed by atoms with Gasteiger partial charge in [-0.05, 0) is 12.1 Å². The first-order chi connectivity index (χ1) is 6.97. The average Bonchev–Trinajstić information content (AvgIpc) is 2.69. The Bertz CT molecular complexity index is 474. The van der Waals surface area contributed by atoms with Gasteiger partial charge >= 0.3 is 6.18 Å². The summed E-state index contributed by atoms with van der Waals surface area (Å²) in [6.45, 7) is 0. The summed E-state index contributed by atoms with van der Waals surface area (Å²) >= 11 is 0. The minimum Gasteiger partial charge on any atom is -0.450 e. The van der Waals surface area contributed by atoms with Crippen molar-refractivity contribution in [1.82, 2.24) is 9.97 Å². The van der Waals surface area contributed by atoms with E-state index in [0.717, 1.165) is 6.07 Å². The Balaban J connectivity index is 2.36. The van der Waals surface area contributed by atoms with Gasteiger partial charge in [0.1, 0.15) is 7.06 Å². The van der Waals surface area contributed by atoms with Crippen molar-refractivity contribution in [3.05, 3.63) is 30.4 Å². The van der Waals surface area contributed by atoms with Crippen LogP contribution in [0.3, 0.4) is 0 Å². The van der Waals surface area contributed by atoms with Crippen LogP contribution in [-0.2, 0) is 6.18 Å². The maximum Gasteiger partial charge on any atom is 0.449 e. The van der Waals surface area contributed by atoms with E-state index in [1.54, 1.807) is 0 Å². The molecular formula is C8H5F3N2O. The molecule has 0 fully saturated rings.